The third-order valence-corrected chi connectivity index (χ3v) is 5.19. The van der Waals surface area contributed by atoms with E-state index in [-0.39, 0.29) is 11.3 Å². The van der Waals surface area contributed by atoms with Gasteiger partial charge in [-0.15, -0.1) is 0 Å². The van der Waals surface area contributed by atoms with E-state index in [4.69, 9.17) is 15.2 Å². The number of carbonyl (C=O) groups is 1. The monoisotopic (exact) mass is 359 g/mol. The number of methoxy groups -OCH3 is 1. The summed E-state index contributed by atoms with van der Waals surface area (Å²) in [5, 5.41) is 0. The minimum absolute atomic E-state index is 0.0652. The van der Waals surface area contributed by atoms with E-state index >= 15 is 0 Å². The fourth-order valence-electron chi connectivity index (χ4n) is 3.74. The van der Waals surface area contributed by atoms with E-state index in [2.05, 4.69) is 25.8 Å². The number of carbonyl (C=O) groups excluding carboxylic acids is 1. The van der Waals surface area contributed by atoms with E-state index in [1.807, 2.05) is 0 Å². The fourth-order valence-corrected chi connectivity index (χ4v) is 3.74. The minimum Gasteiger partial charge on any atom is -0.493 e. The Morgan fingerprint density at radius 3 is 2.81 bits per heavy atom. The molecule has 2 heterocycles. The smallest absolute Gasteiger partial charge is 0.257 e. The van der Waals surface area contributed by atoms with Crippen molar-refractivity contribution >= 4 is 17.8 Å². The van der Waals surface area contributed by atoms with Crippen molar-refractivity contribution in [3.8, 4) is 11.5 Å². The SMILES string of the molecule is CCCC(C)(C)COc1cc2c(cc1OC)C(=O)N1CCCC1(N)C=N2. The molecule has 3 rings (SSSR count). The third-order valence-electron chi connectivity index (χ3n) is 5.19. The first-order chi connectivity index (χ1) is 12.3. The van der Waals surface area contributed by atoms with Crippen LogP contribution in [0.25, 0.3) is 0 Å². The molecule has 2 N–H and O–H groups in total. The predicted molar refractivity (Wildman–Crippen MR) is 103 cm³/mol. The first kappa shape index (κ1) is 18.7. The number of rotatable bonds is 6. The van der Waals surface area contributed by atoms with Gasteiger partial charge >= 0.3 is 0 Å². The first-order valence-corrected chi connectivity index (χ1v) is 9.30. The zero-order valence-corrected chi connectivity index (χ0v) is 16.2. The topological polar surface area (TPSA) is 77.2 Å². The molecule has 1 saturated heterocycles. The summed E-state index contributed by atoms with van der Waals surface area (Å²) in [6.07, 6.45) is 5.48. The first-order valence-electron chi connectivity index (χ1n) is 9.30. The van der Waals surface area contributed by atoms with Crippen LogP contribution in [0.3, 0.4) is 0 Å². The lowest BCUT2D eigenvalue weighted by Gasteiger charge is -2.30. The fraction of sp³-hybridized carbons (Fsp3) is 0.600. The van der Waals surface area contributed by atoms with Gasteiger partial charge in [0.05, 0.1) is 25.0 Å². The molecule has 6 heteroatoms. The highest BCUT2D eigenvalue weighted by Gasteiger charge is 2.42. The van der Waals surface area contributed by atoms with E-state index in [1.54, 1.807) is 30.4 Å². The summed E-state index contributed by atoms with van der Waals surface area (Å²) < 4.78 is 11.5. The van der Waals surface area contributed by atoms with Crippen LogP contribution < -0.4 is 15.2 Å². The Labute approximate surface area is 155 Å². The van der Waals surface area contributed by atoms with Gasteiger partial charge in [-0.05, 0) is 30.7 Å². The normalized spacial score (nSPS) is 22.0. The molecule has 0 bridgehead atoms. The molecule has 0 aromatic heterocycles. The van der Waals surface area contributed by atoms with Crippen molar-refractivity contribution < 1.29 is 14.3 Å². The standard InChI is InChI=1S/C20H29N3O3/c1-5-7-19(2,3)13-26-17-11-15-14(10-16(17)25-4)18(24)23-9-6-8-20(23,21)12-22-15/h10-12H,5-9,13,21H2,1-4H3. The largest absolute Gasteiger partial charge is 0.493 e. The Morgan fingerprint density at radius 2 is 2.12 bits per heavy atom. The van der Waals surface area contributed by atoms with Crippen molar-refractivity contribution in [1.82, 2.24) is 4.90 Å². The number of nitrogens with zero attached hydrogens (tertiary/aromatic N) is 2. The molecular formula is C20H29N3O3. The Bertz CT molecular complexity index is 729. The lowest BCUT2D eigenvalue weighted by Crippen LogP contribution is -2.54. The molecule has 2 aliphatic rings. The average molecular weight is 359 g/mol. The molecular weight excluding hydrogens is 330 g/mol. The number of ether oxygens (including phenoxy) is 2. The van der Waals surface area contributed by atoms with Gasteiger partial charge in [0.25, 0.3) is 5.91 Å². The van der Waals surface area contributed by atoms with Gasteiger partial charge in [0.2, 0.25) is 0 Å². The Kier molecular flexibility index (Phi) is 4.97. The second-order valence-corrected chi connectivity index (χ2v) is 8.03. The number of hydrogen-bond donors (Lipinski definition) is 1. The summed E-state index contributed by atoms with van der Waals surface area (Å²) in [4.78, 5) is 19.2. The highest BCUT2D eigenvalue weighted by atomic mass is 16.5. The van der Waals surface area contributed by atoms with Crippen molar-refractivity contribution in [3.63, 3.8) is 0 Å². The van der Waals surface area contributed by atoms with Crippen molar-refractivity contribution in [2.45, 2.75) is 52.1 Å². The van der Waals surface area contributed by atoms with Gasteiger partial charge in [-0.3, -0.25) is 9.79 Å². The Morgan fingerprint density at radius 1 is 1.35 bits per heavy atom. The van der Waals surface area contributed by atoms with E-state index in [0.717, 1.165) is 25.7 Å². The number of nitrogens with two attached hydrogens (primary N) is 1. The van der Waals surface area contributed by atoms with Crippen LogP contribution in [-0.4, -0.2) is 42.9 Å². The molecule has 1 atom stereocenters. The Hall–Kier alpha value is -2.08. The van der Waals surface area contributed by atoms with Crippen LogP contribution in [0.1, 0.15) is 56.8 Å². The Balaban J connectivity index is 1.93. The van der Waals surface area contributed by atoms with Gasteiger partial charge in [0.1, 0.15) is 5.66 Å². The molecule has 0 radical (unpaired) electrons. The number of fused-ring (bicyclic) bond motifs is 2. The summed E-state index contributed by atoms with van der Waals surface area (Å²) in [6.45, 7) is 7.74. The second kappa shape index (κ2) is 6.91. The predicted octanol–water partition coefficient (Wildman–Crippen LogP) is 3.51. The molecule has 1 amide bonds. The van der Waals surface area contributed by atoms with Crippen LogP contribution in [-0.2, 0) is 0 Å². The number of hydrogen-bond acceptors (Lipinski definition) is 5. The highest BCUT2D eigenvalue weighted by Crippen LogP contribution is 2.40. The maximum absolute atomic E-state index is 13.0. The molecule has 1 aromatic carbocycles. The zero-order chi connectivity index (χ0) is 18.9. The average Bonchev–Trinajstić information content (AvgIpc) is 2.95. The van der Waals surface area contributed by atoms with Crippen LogP contribution in [0, 0.1) is 5.41 Å². The lowest BCUT2D eigenvalue weighted by molar-refractivity contribution is 0.0701. The van der Waals surface area contributed by atoms with Crippen molar-refractivity contribution in [1.29, 1.82) is 0 Å². The van der Waals surface area contributed by atoms with Gasteiger partial charge in [-0.2, -0.15) is 0 Å². The van der Waals surface area contributed by atoms with E-state index < -0.39 is 5.66 Å². The summed E-state index contributed by atoms with van der Waals surface area (Å²) in [6, 6.07) is 3.51. The van der Waals surface area contributed by atoms with Crippen molar-refractivity contribution in [2.75, 3.05) is 20.3 Å². The van der Waals surface area contributed by atoms with Crippen LogP contribution >= 0.6 is 0 Å². The highest BCUT2D eigenvalue weighted by molar-refractivity contribution is 6.04. The lowest BCUT2D eigenvalue weighted by atomic mass is 9.89. The number of aliphatic imine (C=N–C) groups is 1. The van der Waals surface area contributed by atoms with Gasteiger partial charge in [0.15, 0.2) is 11.5 Å². The molecule has 1 aromatic rings. The number of amides is 1. The molecule has 0 saturated carbocycles. The van der Waals surface area contributed by atoms with Crippen LogP contribution in [0.4, 0.5) is 5.69 Å². The maximum atomic E-state index is 13.0. The summed E-state index contributed by atoms with van der Waals surface area (Å²) in [5.41, 5.74) is 6.74. The summed E-state index contributed by atoms with van der Waals surface area (Å²) >= 11 is 0. The zero-order valence-electron chi connectivity index (χ0n) is 16.2. The van der Waals surface area contributed by atoms with Gasteiger partial charge in [-0.25, -0.2) is 0 Å². The van der Waals surface area contributed by atoms with E-state index in [9.17, 15) is 4.79 Å². The maximum Gasteiger partial charge on any atom is 0.257 e. The molecule has 26 heavy (non-hydrogen) atoms. The second-order valence-electron chi connectivity index (χ2n) is 8.03. The van der Waals surface area contributed by atoms with Crippen LogP contribution in [0.5, 0.6) is 11.5 Å². The van der Waals surface area contributed by atoms with Gasteiger partial charge in [0, 0.05) is 18.8 Å². The van der Waals surface area contributed by atoms with E-state index in [0.29, 0.717) is 35.9 Å². The molecule has 142 valence electrons. The van der Waals surface area contributed by atoms with Gasteiger partial charge < -0.3 is 20.1 Å². The molecule has 1 fully saturated rings. The molecule has 6 nitrogen and oxygen atoms in total. The van der Waals surface area contributed by atoms with Crippen molar-refractivity contribution in [2.24, 2.45) is 16.1 Å². The quantitative estimate of drug-likeness (QED) is 0.843. The molecule has 2 aliphatic heterocycles. The van der Waals surface area contributed by atoms with Crippen molar-refractivity contribution in [3.05, 3.63) is 17.7 Å². The summed E-state index contributed by atoms with van der Waals surface area (Å²) in [5.74, 6) is 1.05. The summed E-state index contributed by atoms with van der Waals surface area (Å²) in [7, 11) is 1.58. The molecule has 0 spiro atoms. The van der Waals surface area contributed by atoms with E-state index in [1.165, 1.54) is 0 Å². The minimum atomic E-state index is -0.798. The number of benzene rings is 1. The third kappa shape index (κ3) is 3.43. The molecule has 1 unspecified atom stereocenters. The van der Waals surface area contributed by atoms with Gasteiger partial charge in [-0.1, -0.05) is 27.2 Å². The van der Waals surface area contributed by atoms with Crippen LogP contribution in [0.15, 0.2) is 17.1 Å². The van der Waals surface area contributed by atoms with Crippen LogP contribution in [0.2, 0.25) is 0 Å². The molecule has 0 aliphatic carbocycles.